The Morgan fingerprint density at radius 1 is 1.20 bits per heavy atom. The highest BCUT2D eigenvalue weighted by molar-refractivity contribution is 7.59. The van der Waals surface area contributed by atoms with Crippen LogP contribution < -0.4 is 0 Å². The zero-order valence-corrected chi connectivity index (χ0v) is 6.88. The van der Waals surface area contributed by atoms with Crippen molar-refractivity contribution in [2.45, 2.75) is 6.42 Å². The largest absolute Gasteiger partial charge is 0.197 e. The lowest BCUT2D eigenvalue weighted by Crippen LogP contribution is -1.75. The second-order valence-electron chi connectivity index (χ2n) is 1.98. The highest BCUT2D eigenvalue weighted by atomic mass is 32.1. The molecule has 1 aromatic rings. The molecule has 0 fully saturated rings. The lowest BCUT2D eigenvalue weighted by molar-refractivity contribution is 1.28. The summed E-state index contributed by atoms with van der Waals surface area (Å²) in [6.45, 7) is 3.66. The predicted octanol–water partition coefficient (Wildman–Crippen LogP) is 2.53. The predicted molar refractivity (Wildman–Crippen MR) is 50.7 cm³/mol. The summed E-state index contributed by atoms with van der Waals surface area (Å²) < 4.78 is 0. The van der Waals surface area contributed by atoms with E-state index in [1.54, 1.807) is 0 Å². The van der Waals surface area contributed by atoms with Crippen LogP contribution in [0, 0.1) is 0 Å². The molecule has 0 spiro atoms. The molecule has 0 unspecified atom stereocenters. The van der Waals surface area contributed by atoms with Gasteiger partial charge in [0, 0.05) is 0 Å². The fourth-order valence-corrected chi connectivity index (χ4v) is 0.781. The van der Waals surface area contributed by atoms with E-state index in [4.69, 9.17) is 0 Å². The molecular formula is C9H12S. The molecule has 0 radical (unpaired) electrons. The minimum absolute atomic E-state index is 0. The molecule has 0 heterocycles. The third-order valence-corrected chi connectivity index (χ3v) is 1.22. The molecule has 0 aromatic heterocycles. The minimum Gasteiger partial charge on any atom is -0.197 e. The van der Waals surface area contributed by atoms with E-state index in [1.165, 1.54) is 5.56 Å². The van der Waals surface area contributed by atoms with Gasteiger partial charge in [0.15, 0.2) is 0 Å². The van der Waals surface area contributed by atoms with Crippen molar-refractivity contribution in [3.05, 3.63) is 48.6 Å². The summed E-state index contributed by atoms with van der Waals surface area (Å²) in [5, 5.41) is 0. The van der Waals surface area contributed by atoms with Gasteiger partial charge >= 0.3 is 0 Å². The number of hydrogen-bond donors (Lipinski definition) is 0. The summed E-state index contributed by atoms with van der Waals surface area (Å²) in [5.74, 6) is 0. The first-order chi connectivity index (χ1) is 4.43. The molecule has 54 valence electrons. The Balaban J connectivity index is 0.000000810. The van der Waals surface area contributed by atoms with Crippen LogP contribution in [0.5, 0.6) is 0 Å². The molecule has 1 aromatic carbocycles. The number of benzene rings is 1. The van der Waals surface area contributed by atoms with Crippen molar-refractivity contribution in [3.63, 3.8) is 0 Å². The first-order valence-electron chi connectivity index (χ1n) is 3.08. The molecule has 0 aliphatic carbocycles. The van der Waals surface area contributed by atoms with Gasteiger partial charge in [-0.25, -0.2) is 0 Å². The molecule has 0 aliphatic heterocycles. The zero-order chi connectivity index (χ0) is 6.53. The lowest BCUT2D eigenvalue weighted by atomic mass is 10.2. The molecule has 0 nitrogen and oxygen atoms in total. The summed E-state index contributed by atoms with van der Waals surface area (Å²) in [6.07, 6.45) is 2.89. The molecule has 0 bridgehead atoms. The van der Waals surface area contributed by atoms with Crippen molar-refractivity contribution in [2.75, 3.05) is 0 Å². The van der Waals surface area contributed by atoms with Crippen molar-refractivity contribution in [3.8, 4) is 0 Å². The molecule has 0 saturated heterocycles. The van der Waals surface area contributed by atoms with Gasteiger partial charge in [0.25, 0.3) is 0 Å². The third kappa shape index (κ3) is 2.74. The summed E-state index contributed by atoms with van der Waals surface area (Å²) in [5.41, 5.74) is 1.33. The Morgan fingerprint density at radius 2 is 1.80 bits per heavy atom. The topological polar surface area (TPSA) is 0 Å². The molecule has 0 atom stereocenters. The van der Waals surface area contributed by atoms with Gasteiger partial charge in [0.2, 0.25) is 0 Å². The monoisotopic (exact) mass is 152 g/mol. The van der Waals surface area contributed by atoms with Gasteiger partial charge in [-0.3, -0.25) is 0 Å². The minimum atomic E-state index is 0. The van der Waals surface area contributed by atoms with Gasteiger partial charge in [-0.1, -0.05) is 36.4 Å². The normalized spacial score (nSPS) is 8.00. The van der Waals surface area contributed by atoms with Gasteiger partial charge < -0.3 is 0 Å². The van der Waals surface area contributed by atoms with Crippen LogP contribution in [0.4, 0.5) is 0 Å². The second kappa shape index (κ2) is 5.12. The molecule has 0 amide bonds. The van der Waals surface area contributed by atoms with Crippen LogP contribution in [0.25, 0.3) is 0 Å². The van der Waals surface area contributed by atoms with Gasteiger partial charge in [0.05, 0.1) is 0 Å². The van der Waals surface area contributed by atoms with E-state index in [9.17, 15) is 0 Å². The summed E-state index contributed by atoms with van der Waals surface area (Å²) in [6, 6.07) is 10.3. The van der Waals surface area contributed by atoms with E-state index in [0.717, 1.165) is 6.42 Å². The number of hydrogen-bond acceptors (Lipinski definition) is 0. The number of rotatable bonds is 2. The maximum atomic E-state index is 3.66. The Morgan fingerprint density at radius 3 is 2.30 bits per heavy atom. The van der Waals surface area contributed by atoms with Crippen molar-refractivity contribution in [1.29, 1.82) is 0 Å². The quantitative estimate of drug-likeness (QED) is 0.571. The van der Waals surface area contributed by atoms with E-state index in [0.29, 0.717) is 0 Å². The van der Waals surface area contributed by atoms with Crippen LogP contribution in [0.1, 0.15) is 5.56 Å². The SMILES string of the molecule is C=CCc1ccccc1.S. The fourth-order valence-electron chi connectivity index (χ4n) is 0.781. The smallest absolute Gasteiger partial charge is 0.0100 e. The summed E-state index contributed by atoms with van der Waals surface area (Å²) in [7, 11) is 0. The van der Waals surface area contributed by atoms with Crippen LogP contribution in [0.15, 0.2) is 43.0 Å². The Hall–Kier alpha value is -0.690. The maximum Gasteiger partial charge on any atom is -0.0100 e. The molecule has 0 saturated carbocycles. The van der Waals surface area contributed by atoms with Gasteiger partial charge in [0.1, 0.15) is 0 Å². The van der Waals surface area contributed by atoms with Crippen LogP contribution in [0.3, 0.4) is 0 Å². The van der Waals surface area contributed by atoms with Crippen LogP contribution in [-0.2, 0) is 6.42 Å². The van der Waals surface area contributed by atoms with E-state index >= 15 is 0 Å². The van der Waals surface area contributed by atoms with Crippen molar-refractivity contribution >= 4 is 13.5 Å². The van der Waals surface area contributed by atoms with E-state index in [1.807, 2.05) is 24.3 Å². The lowest BCUT2D eigenvalue weighted by Gasteiger charge is -1.91. The third-order valence-electron chi connectivity index (χ3n) is 1.22. The summed E-state index contributed by atoms with van der Waals surface area (Å²) >= 11 is 0. The highest BCUT2D eigenvalue weighted by Crippen LogP contribution is 1.98. The number of allylic oxidation sites excluding steroid dienone is 1. The van der Waals surface area contributed by atoms with Crippen LogP contribution in [0.2, 0.25) is 0 Å². The molecule has 0 N–H and O–H groups in total. The van der Waals surface area contributed by atoms with Crippen molar-refractivity contribution < 1.29 is 0 Å². The average Bonchev–Trinajstić information content (AvgIpc) is 1.91. The van der Waals surface area contributed by atoms with E-state index in [2.05, 4.69) is 18.7 Å². The Kier molecular flexibility index (Phi) is 4.77. The van der Waals surface area contributed by atoms with Crippen LogP contribution >= 0.6 is 13.5 Å². The van der Waals surface area contributed by atoms with Crippen LogP contribution in [-0.4, -0.2) is 0 Å². The first kappa shape index (κ1) is 9.31. The van der Waals surface area contributed by atoms with Gasteiger partial charge in [-0.05, 0) is 12.0 Å². The first-order valence-corrected chi connectivity index (χ1v) is 3.08. The zero-order valence-electron chi connectivity index (χ0n) is 5.88. The van der Waals surface area contributed by atoms with E-state index in [-0.39, 0.29) is 13.5 Å². The standard InChI is InChI=1S/C9H10.H2S/c1-2-6-9-7-4-3-5-8-9;/h2-5,7-8H,1,6H2;1H2. The molecule has 0 aliphatic rings. The average molecular weight is 152 g/mol. The molecule has 10 heavy (non-hydrogen) atoms. The Bertz CT molecular complexity index is 179. The molecule has 1 rings (SSSR count). The molecule has 1 heteroatoms. The van der Waals surface area contributed by atoms with Crippen molar-refractivity contribution in [2.24, 2.45) is 0 Å². The van der Waals surface area contributed by atoms with Crippen molar-refractivity contribution in [1.82, 2.24) is 0 Å². The molecular weight excluding hydrogens is 140 g/mol. The highest BCUT2D eigenvalue weighted by Gasteiger charge is 1.82. The summed E-state index contributed by atoms with van der Waals surface area (Å²) in [4.78, 5) is 0. The van der Waals surface area contributed by atoms with Gasteiger partial charge in [-0.15, -0.1) is 6.58 Å². The Labute approximate surface area is 69.0 Å². The van der Waals surface area contributed by atoms with Gasteiger partial charge in [-0.2, -0.15) is 13.5 Å². The second-order valence-corrected chi connectivity index (χ2v) is 1.98. The van der Waals surface area contributed by atoms with E-state index < -0.39 is 0 Å². The fraction of sp³-hybridized carbons (Fsp3) is 0.111. The maximum absolute atomic E-state index is 3.66.